The minimum atomic E-state index is -3.35. The molecule has 13 heavy (non-hydrogen) atoms. The quantitative estimate of drug-likeness (QED) is 0.676. The molecule has 0 aromatic rings. The molecule has 0 aromatic heterocycles. The number of rotatable bonds is 2. The van der Waals surface area contributed by atoms with E-state index in [-0.39, 0.29) is 17.1 Å². The molecular weight excluding hydrogens is 215 g/mol. The van der Waals surface area contributed by atoms with Gasteiger partial charge in [0.2, 0.25) is 9.05 Å². The Hall–Kier alpha value is 0.170. The lowest BCUT2D eigenvalue weighted by Gasteiger charge is -2.55. The Morgan fingerprint density at radius 1 is 1.31 bits per heavy atom. The van der Waals surface area contributed by atoms with Gasteiger partial charge in [0.25, 0.3) is 0 Å². The van der Waals surface area contributed by atoms with Crippen LogP contribution in [-0.2, 0) is 9.05 Å². The topological polar surface area (TPSA) is 34.1 Å². The molecule has 2 rings (SSSR count). The Kier molecular flexibility index (Phi) is 2.11. The molecule has 2 saturated carbocycles. The molecule has 0 aliphatic heterocycles. The Morgan fingerprint density at radius 2 is 1.85 bits per heavy atom. The maximum atomic E-state index is 12.6. The van der Waals surface area contributed by atoms with Crippen molar-refractivity contribution in [3.05, 3.63) is 0 Å². The largest absolute Gasteiger partial charge is 0.247 e. The van der Waals surface area contributed by atoms with Gasteiger partial charge < -0.3 is 0 Å². The van der Waals surface area contributed by atoms with E-state index in [1.165, 1.54) is 0 Å². The van der Waals surface area contributed by atoms with Gasteiger partial charge in [-0.15, -0.1) is 0 Å². The van der Waals surface area contributed by atoms with Crippen molar-refractivity contribution >= 4 is 19.7 Å². The minimum absolute atomic E-state index is 0.0628. The molecule has 0 saturated heterocycles. The SMILES string of the molecule is O=S(=O)(Cl)CC1CC2(CC(F)C2)C1. The van der Waals surface area contributed by atoms with Crippen molar-refractivity contribution in [2.75, 3.05) is 5.75 Å². The molecule has 0 bridgehead atoms. The lowest BCUT2D eigenvalue weighted by molar-refractivity contribution is -0.0719. The van der Waals surface area contributed by atoms with Crippen LogP contribution in [0.25, 0.3) is 0 Å². The van der Waals surface area contributed by atoms with Gasteiger partial charge in [-0.3, -0.25) is 0 Å². The summed E-state index contributed by atoms with van der Waals surface area (Å²) in [5.74, 6) is 0.239. The predicted molar refractivity (Wildman–Crippen MR) is 48.9 cm³/mol. The third-order valence-electron chi connectivity index (χ3n) is 3.19. The van der Waals surface area contributed by atoms with Crippen LogP contribution >= 0.6 is 10.7 Å². The standard InChI is InChI=1S/C8H12ClFO2S/c9-13(11,12)5-6-1-8(2-6)3-7(10)4-8/h6-7H,1-5H2. The number of hydrogen-bond acceptors (Lipinski definition) is 2. The maximum Gasteiger partial charge on any atom is 0.232 e. The highest BCUT2D eigenvalue weighted by Crippen LogP contribution is 2.59. The third-order valence-corrected chi connectivity index (χ3v) is 4.43. The Balaban J connectivity index is 1.80. The van der Waals surface area contributed by atoms with E-state index in [9.17, 15) is 12.8 Å². The molecule has 0 atom stereocenters. The summed E-state index contributed by atoms with van der Waals surface area (Å²) in [6.07, 6.45) is 2.31. The molecule has 0 heterocycles. The van der Waals surface area contributed by atoms with Gasteiger partial charge in [0, 0.05) is 10.7 Å². The van der Waals surface area contributed by atoms with Gasteiger partial charge in [0.05, 0.1) is 5.75 Å². The average molecular weight is 227 g/mol. The fraction of sp³-hybridized carbons (Fsp3) is 1.00. The monoisotopic (exact) mass is 226 g/mol. The molecule has 2 nitrogen and oxygen atoms in total. The van der Waals surface area contributed by atoms with E-state index in [1.54, 1.807) is 0 Å². The van der Waals surface area contributed by atoms with E-state index in [1.807, 2.05) is 0 Å². The van der Waals surface area contributed by atoms with Crippen LogP contribution < -0.4 is 0 Å². The van der Waals surface area contributed by atoms with Gasteiger partial charge in [-0.2, -0.15) is 0 Å². The normalized spacial score (nSPS) is 44.2. The summed E-state index contributed by atoms with van der Waals surface area (Å²) < 4.78 is 34.0. The summed E-state index contributed by atoms with van der Waals surface area (Å²) >= 11 is 0. The first-order chi connectivity index (χ1) is 5.89. The molecule has 2 aliphatic carbocycles. The van der Waals surface area contributed by atoms with Gasteiger partial charge in [0.1, 0.15) is 6.17 Å². The van der Waals surface area contributed by atoms with Crippen LogP contribution in [0.5, 0.6) is 0 Å². The van der Waals surface area contributed by atoms with Crippen molar-refractivity contribution in [3.63, 3.8) is 0 Å². The van der Waals surface area contributed by atoms with E-state index in [0.29, 0.717) is 12.8 Å². The van der Waals surface area contributed by atoms with Crippen LogP contribution in [-0.4, -0.2) is 20.3 Å². The molecule has 0 N–H and O–H groups in total. The highest BCUT2D eigenvalue weighted by Gasteiger charge is 2.53. The van der Waals surface area contributed by atoms with Crippen molar-refractivity contribution in [3.8, 4) is 0 Å². The van der Waals surface area contributed by atoms with E-state index >= 15 is 0 Å². The second kappa shape index (κ2) is 2.83. The van der Waals surface area contributed by atoms with Crippen LogP contribution in [0.3, 0.4) is 0 Å². The summed E-state index contributed by atoms with van der Waals surface area (Å²) in [7, 11) is 1.77. The number of halogens is 2. The maximum absolute atomic E-state index is 12.6. The minimum Gasteiger partial charge on any atom is -0.247 e. The fourth-order valence-corrected chi connectivity index (χ4v) is 4.11. The van der Waals surface area contributed by atoms with Crippen LogP contribution in [0.2, 0.25) is 0 Å². The van der Waals surface area contributed by atoms with Gasteiger partial charge in [-0.1, -0.05) is 0 Å². The van der Waals surface area contributed by atoms with Crippen LogP contribution in [0.1, 0.15) is 25.7 Å². The number of alkyl halides is 1. The molecule has 5 heteroatoms. The number of hydrogen-bond donors (Lipinski definition) is 0. The molecule has 0 radical (unpaired) electrons. The molecule has 0 aromatic carbocycles. The zero-order valence-electron chi connectivity index (χ0n) is 7.17. The average Bonchev–Trinajstić information content (AvgIpc) is 1.76. The highest BCUT2D eigenvalue weighted by molar-refractivity contribution is 8.13. The van der Waals surface area contributed by atoms with Gasteiger partial charge >= 0.3 is 0 Å². The molecule has 0 amide bonds. The summed E-state index contributed by atoms with van der Waals surface area (Å²) in [5.41, 5.74) is 0.158. The Morgan fingerprint density at radius 3 is 2.23 bits per heavy atom. The van der Waals surface area contributed by atoms with Gasteiger partial charge in [-0.25, -0.2) is 12.8 Å². The van der Waals surface area contributed by atoms with Crippen molar-refractivity contribution in [1.29, 1.82) is 0 Å². The molecule has 0 unspecified atom stereocenters. The van der Waals surface area contributed by atoms with E-state index < -0.39 is 15.2 Å². The van der Waals surface area contributed by atoms with Gasteiger partial charge in [-0.05, 0) is 37.0 Å². The van der Waals surface area contributed by atoms with Crippen LogP contribution in [0.15, 0.2) is 0 Å². The van der Waals surface area contributed by atoms with E-state index in [2.05, 4.69) is 0 Å². The lowest BCUT2D eigenvalue weighted by atomic mass is 9.51. The molecule has 76 valence electrons. The third kappa shape index (κ3) is 1.99. The Labute approximate surface area is 81.9 Å². The predicted octanol–water partition coefficient (Wildman–Crippen LogP) is 2.08. The van der Waals surface area contributed by atoms with Crippen molar-refractivity contribution in [2.24, 2.45) is 11.3 Å². The highest BCUT2D eigenvalue weighted by atomic mass is 35.7. The summed E-state index contributed by atoms with van der Waals surface area (Å²) in [5, 5.41) is 0. The first-order valence-electron chi connectivity index (χ1n) is 4.45. The molecule has 1 spiro atoms. The van der Waals surface area contributed by atoms with E-state index in [0.717, 1.165) is 12.8 Å². The first kappa shape index (κ1) is 9.71. The molecule has 2 aliphatic rings. The zero-order valence-corrected chi connectivity index (χ0v) is 8.74. The summed E-state index contributed by atoms with van der Waals surface area (Å²) in [4.78, 5) is 0. The van der Waals surface area contributed by atoms with Crippen LogP contribution in [0, 0.1) is 11.3 Å². The Bertz CT molecular complexity index is 300. The summed E-state index contributed by atoms with van der Waals surface area (Å²) in [6, 6.07) is 0. The second-order valence-corrected chi connectivity index (χ2v) is 7.31. The smallest absolute Gasteiger partial charge is 0.232 e. The van der Waals surface area contributed by atoms with E-state index in [4.69, 9.17) is 10.7 Å². The fourth-order valence-electron chi connectivity index (χ4n) is 2.78. The van der Waals surface area contributed by atoms with Crippen molar-refractivity contribution in [1.82, 2.24) is 0 Å². The second-order valence-electron chi connectivity index (χ2n) is 4.49. The summed E-state index contributed by atoms with van der Waals surface area (Å²) in [6.45, 7) is 0. The van der Waals surface area contributed by atoms with Crippen molar-refractivity contribution < 1.29 is 12.8 Å². The molecule has 2 fully saturated rings. The first-order valence-corrected chi connectivity index (χ1v) is 6.93. The van der Waals surface area contributed by atoms with Crippen LogP contribution in [0.4, 0.5) is 4.39 Å². The van der Waals surface area contributed by atoms with Crippen molar-refractivity contribution in [2.45, 2.75) is 31.9 Å². The lowest BCUT2D eigenvalue weighted by Crippen LogP contribution is -2.49. The van der Waals surface area contributed by atoms with Gasteiger partial charge in [0.15, 0.2) is 0 Å². The molecular formula is C8H12ClFO2S. The zero-order chi connectivity index (χ0) is 9.69.